The zero-order chi connectivity index (χ0) is 7.22. The van der Waals surface area contributed by atoms with Gasteiger partial charge in [-0.05, 0) is 55.3 Å². The molecule has 2 N–H and O–H groups in total. The predicted octanol–water partition coefficient (Wildman–Crippen LogP) is 1.38. The summed E-state index contributed by atoms with van der Waals surface area (Å²) in [6.45, 7) is 0. The zero-order valence-electron chi connectivity index (χ0n) is 6.79. The van der Waals surface area contributed by atoms with Crippen LogP contribution in [0.2, 0.25) is 0 Å². The summed E-state index contributed by atoms with van der Waals surface area (Å²) in [6.07, 6.45) is 5.85. The molecule has 0 aliphatic heterocycles. The third-order valence-corrected chi connectivity index (χ3v) is 4.99. The third kappa shape index (κ3) is 0.438. The zero-order valence-corrected chi connectivity index (χ0v) is 6.79. The van der Waals surface area contributed by atoms with E-state index in [9.17, 15) is 0 Å². The van der Waals surface area contributed by atoms with Gasteiger partial charge in [0.15, 0.2) is 0 Å². The van der Waals surface area contributed by atoms with Gasteiger partial charge in [0.1, 0.15) is 0 Å². The highest BCUT2D eigenvalue weighted by molar-refractivity contribution is 5.25. The van der Waals surface area contributed by atoms with Gasteiger partial charge in [0.05, 0.1) is 0 Å². The van der Waals surface area contributed by atoms with E-state index in [-0.39, 0.29) is 0 Å². The standard InChI is InChI=1S/C10H15N/c11-10-3-5-1-6(4-10)8-7(2-5)9(8)10/h5-9H,1-4,11H2/t5-,6-,7-,8+,9-,10-/m0/s1. The van der Waals surface area contributed by atoms with E-state index < -0.39 is 0 Å². The molecule has 5 rings (SSSR count). The molecule has 1 heteroatoms. The molecule has 0 aromatic rings. The van der Waals surface area contributed by atoms with Crippen LogP contribution >= 0.6 is 0 Å². The van der Waals surface area contributed by atoms with Crippen LogP contribution in [-0.2, 0) is 0 Å². The van der Waals surface area contributed by atoms with E-state index in [1.54, 1.807) is 6.42 Å². The topological polar surface area (TPSA) is 26.0 Å². The predicted molar refractivity (Wildman–Crippen MR) is 42.8 cm³/mol. The minimum atomic E-state index is 0.348. The van der Waals surface area contributed by atoms with Crippen molar-refractivity contribution in [2.75, 3.05) is 0 Å². The van der Waals surface area contributed by atoms with Crippen LogP contribution in [0.1, 0.15) is 25.7 Å². The highest BCUT2D eigenvalue weighted by Crippen LogP contribution is 2.75. The molecule has 1 nitrogen and oxygen atoms in total. The lowest BCUT2D eigenvalue weighted by molar-refractivity contribution is 0.105. The average molecular weight is 149 g/mol. The maximum Gasteiger partial charge on any atom is 0.0193 e. The Morgan fingerprint density at radius 2 is 2.09 bits per heavy atom. The molecule has 5 aliphatic rings. The minimum Gasteiger partial charge on any atom is -0.325 e. The van der Waals surface area contributed by atoms with E-state index in [1.165, 1.54) is 19.3 Å². The summed E-state index contributed by atoms with van der Waals surface area (Å²) in [5.41, 5.74) is 6.75. The van der Waals surface area contributed by atoms with Crippen LogP contribution < -0.4 is 5.73 Å². The van der Waals surface area contributed by atoms with Gasteiger partial charge in [0, 0.05) is 5.54 Å². The highest BCUT2D eigenvalue weighted by atomic mass is 14.9. The molecule has 5 aliphatic carbocycles. The molecule has 60 valence electrons. The van der Waals surface area contributed by atoms with Crippen LogP contribution in [0.3, 0.4) is 0 Å². The normalized spacial score (nSPS) is 75.5. The van der Waals surface area contributed by atoms with E-state index in [0.717, 1.165) is 29.6 Å². The van der Waals surface area contributed by atoms with Gasteiger partial charge in [0.2, 0.25) is 0 Å². The third-order valence-electron chi connectivity index (χ3n) is 4.99. The lowest BCUT2D eigenvalue weighted by Crippen LogP contribution is -2.49. The van der Waals surface area contributed by atoms with Crippen molar-refractivity contribution in [2.45, 2.75) is 31.2 Å². The summed E-state index contributed by atoms with van der Waals surface area (Å²) in [7, 11) is 0. The van der Waals surface area contributed by atoms with Crippen molar-refractivity contribution < 1.29 is 0 Å². The molecule has 0 radical (unpaired) electrons. The van der Waals surface area contributed by atoms with E-state index in [1.807, 2.05) is 0 Å². The van der Waals surface area contributed by atoms with Crippen molar-refractivity contribution in [1.82, 2.24) is 0 Å². The Morgan fingerprint density at radius 3 is 2.82 bits per heavy atom. The SMILES string of the molecule is N[C@@]12C[C@H]3C[C@@H](C1)[C@@H]1[C@H](C3)[C@@H]12. The lowest BCUT2D eigenvalue weighted by Gasteiger charge is -2.44. The van der Waals surface area contributed by atoms with Gasteiger partial charge in [-0.25, -0.2) is 0 Å². The fraction of sp³-hybridized carbons (Fsp3) is 1.00. The van der Waals surface area contributed by atoms with Gasteiger partial charge in [-0.2, -0.15) is 0 Å². The fourth-order valence-electron chi connectivity index (χ4n) is 4.99. The maximum atomic E-state index is 6.41. The Hall–Kier alpha value is -0.0400. The summed E-state index contributed by atoms with van der Waals surface area (Å²) in [6, 6.07) is 0. The second-order valence-corrected chi connectivity index (χ2v) is 5.51. The first kappa shape index (κ1) is 5.58. The highest BCUT2D eigenvalue weighted by Gasteiger charge is 2.73. The molecule has 4 bridgehead atoms. The van der Waals surface area contributed by atoms with Crippen molar-refractivity contribution in [1.29, 1.82) is 0 Å². The van der Waals surface area contributed by atoms with Crippen molar-refractivity contribution in [2.24, 2.45) is 35.3 Å². The molecule has 0 amide bonds. The maximum absolute atomic E-state index is 6.41. The second-order valence-electron chi connectivity index (χ2n) is 5.51. The van der Waals surface area contributed by atoms with Crippen LogP contribution in [0.15, 0.2) is 0 Å². The molecule has 0 spiro atoms. The molecular weight excluding hydrogens is 134 g/mol. The Labute approximate surface area is 67.3 Å². The minimum absolute atomic E-state index is 0.348. The second kappa shape index (κ2) is 1.28. The van der Waals surface area contributed by atoms with E-state index in [4.69, 9.17) is 5.73 Å². The summed E-state index contributed by atoms with van der Waals surface area (Å²) < 4.78 is 0. The number of nitrogens with two attached hydrogens (primary N) is 1. The molecule has 0 heterocycles. The Morgan fingerprint density at radius 1 is 1.18 bits per heavy atom. The van der Waals surface area contributed by atoms with Crippen LogP contribution in [0, 0.1) is 29.6 Å². The smallest absolute Gasteiger partial charge is 0.0193 e. The first-order chi connectivity index (χ1) is 5.28. The van der Waals surface area contributed by atoms with Crippen molar-refractivity contribution in [3.8, 4) is 0 Å². The molecule has 0 unspecified atom stereocenters. The van der Waals surface area contributed by atoms with Gasteiger partial charge in [-0.15, -0.1) is 0 Å². The number of rotatable bonds is 0. The summed E-state index contributed by atoms with van der Waals surface area (Å²) in [5, 5.41) is 0. The monoisotopic (exact) mass is 149 g/mol. The van der Waals surface area contributed by atoms with E-state index >= 15 is 0 Å². The van der Waals surface area contributed by atoms with Crippen LogP contribution in [-0.4, -0.2) is 5.54 Å². The first-order valence-electron chi connectivity index (χ1n) is 5.07. The molecule has 6 atom stereocenters. The van der Waals surface area contributed by atoms with Gasteiger partial charge >= 0.3 is 0 Å². The first-order valence-corrected chi connectivity index (χ1v) is 5.07. The molecule has 0 saturated heterocycles. The van der Waals surface area contributed by atoms with Gasteiger partial charge in [-0.1, -0.05) is 0 Å². The van der Waals surface area contributed by atoms with Gasteiger partial charge in [-0.3, -0.25) is 0 Å². The van der Waals surface area contributed by atoms with Crippen molar-refractivity contribution >= 4 is 0 Å². The molecule has 0 aromatic carbocycles. The van der Waals surface area contributed by atoms with Crippen molar-refractivity contribution in [3.63, 3.8) is 0 Å². The summed E-state index contributed by atoms with van der Waals surface area (Å²) in [5.74, 6) is 5.32. The fourth-order valence-corrected chi connectivity index (χ4v) is 4.99. The van der Waals surface area contributed by atoms with Gasteiger partial charge < -0.3 is 5.73 Å². The number of hydrogen-bond acceptors (Lipinski definition) is 1. The summed E-state index contributed by atoms with van der Waals surface area (Å²) in [4.78, 5) is 0. The Balaban J connectivity index is 1.90. The average Bonchev–Trinajstić information content (AvgIpc) is 2.55. The molecule has 11 heavy (non-hydrogen) atoms. The quantitative estimate of drug-likeness (QED) is 0.553. The largest absolute Gasteiger partial charge is 0.325 e. The van der Waals surface area contributed by atoms with Crippen LogP contribution in [0.5, 0.6) is 0 Å². The van der Waals surface area contributed by atoms with Gasteiger partial charge in [0.25, 0.3) is 0 Å². The number of hydrogen-bond donors (Lipinski definition) is 1. The van der Waals surface area contributed by atoms with Crippen LogP contribution in [0.25, 0.3) is 0 Å². The van der Waals surface area contributed by atoms with E-state index in [2.05, 4.69) is 0 Å². The van der Waals surface area contributed by atoms with Crippen LogP contribution in [0.4, 0.5) is 0 Å². The summed E-state index contributed by atoms with van der Waals surface area (Å²) >= 11 is 0. The molecule has 5 fully saturated rings. The molecule has 5 saturated carbocycles. The molecule has 0 aromatic heterocycles. The molecular formula is C10H15N. The Kier molecular flexibility index (Phi) is 0.651. The van der Waals surface area contributed by atoms with Crippen molar-refractivity contribution in [3.05, 3.63) is 0 Å². The lowest BCUT2D eigenvalue weighted by atomic mass is 9.64. The Bertz CT molecular complexity index is 237. The van der Waals surface area contributed by atoms with E-state index in [0.29, 0.717) is 5.54 Å².